The zero-order chi connectivity index (χ0) is 38.5. The van der Waals surface area contributed by atoms with Crippen LogP contribution in [-0.2, 0) is 20.1 Å². The molecule has 0 saturated heterocycles. The zero-order valence-electron chi connectivity index (χ0n) is 34.0. The number of rotatable bonds is 5. The van der Waals surface area contributed by atoms with Gasteiger partial charge >= 0.3 is 120 Å². The molecule has 0 aliphatic rings. The van der Waals surface area contributed by atoms with Crippen LogP contribution in [0.2, 0.25) is 17.3 Å². The quantitative estimate of drug-likeness (QED) is 0.128. The minimum atomic E-state index is -1.79. The van der Waals surface area contributed by atoms with Gasteiger partial charge in [-0.25, -0.2) is 0 Å². The summed E-state index contributed by atoms with van der Waals surface area (Å²) in [7, 11) is 0. The van der Waals surface area contributed by atoms with Crippen LogP contribution in [0.1, 0.15) is 33.5 Å². The van der Waals surface area contributed by atoms with E-state index in [9.17, 15) is 0 Å². The van der Waals surface area contributed by atoms with Crippen LogP contribution in [0.25, 0.3) is 66.4 Å². The summed E-state index contributed by atoms with van der Waals surface area (Å²) in [5, 5.41) is 3.87. The summed E-state index contributed by atoms with van der Waals surface area (Å²) in [5.74, 6) is 6.51. The van der Waals surface area contributed by atoms with Crippen molar-refractivity contribution in [1.29, 1.82) is 0 Å². The molecule has 245 valence electrons. The second-order valence-electron chi connectivity index (χ2n) is 13.0. The van der Waals surface area contributed by atoms with Crippen LogP contribution in [0.15, 0.2) is 138 Å². The molecule has 8 aromatic rings. The molecule has 8 rings (SSSR count). The van der Waals surface area contributed by atoms with Gasteiger partial charge < -0.3 is 9.40 Å². The number of pyridine rings is 2. The van der Waals surface area contributed by atoms with Gasteiger partial charge in [0.2, 0.25) is 0 Å². The van der Waals surface area contributed by atoms with Crippen LogP contribution in [-0.4, -0.2) is 23.2 Å². The average Bonchev–Trinajstić information content (AvgIpc) is 3.54. The fraction of sp³-hybridized carbons (Fsp3) is 0.136. The fourth-order valence-electron chi connectivity index (χ4n) is 5.62. The minimum Gasteiger partial charge on any atom is -0.501 e. The molecule has 5 heteroatoms. The van der Waals surface area contributed by atoms with Gasteiger partial charge in [-0.3, -0.25) is 0 Å². The molecule has 3 heterocycles. The van der Waals surface area contributed by atoms with Crippen molar-refractivity contribution in [2.45, 2.75) is 37.0 Å². The Morgan fingerprint density at radius 2 is 1.49 bits per heavy atom. The molecule has 3 nitrogen and oxygen atoms in total. The SMILES string of the molecule is [2H]C(C)(C)c1cc[c-]c(-c2cc[c]([Ge]([CH3])([CH3])[CH3])cn2)c1.[2H]c1c([2H])c([2H])c(-c2ccc3c(c2)oc2c(-c4cc5ccccc5cn4)[c-]ccc23)c([2H])c1[2H].[Ir]. The van der Waals surface area contributed by atoms with Crippen molar-refractivity contribution < 1.29 is 32.7 Å². The van der Waals surface area contributed by atoms with Crippen molar-refractivity contribution in [1.82, 2.24) is 9.97 Å². The molecular weight excluding hydrogens is 837 g/mol. The Kier molecular flexibility index (Phi) is 8.21. The van der Waals surface area contributed by atoms with Crippen molar-refractivity contribution in [2.24, 2.45) is 0 Å². The number of furan rings is 1. The van der Waals surface area contributed by atoms with Crippen LogP contribution in [0.3, 0.4) is 0 Å². The van der Waals surface area contributed by atoms with Gasteiger partial charge in [0.1, 0.15) is 5.58 Å². The van der Waals surface area contributed by atoms with Crippen molar-refractivity contribution in [2.75, 3.05) is 0 Å². The smallest absolute Gasteiger partial charge is 0.121 e. The monoisotopic (exact) mass is 883 g/mol. The Morgan fingerprint density at radius 1 is 0.735 bits per heavy atom. The van der Waals surface area contributed by atoms with Crippen LogP contribution in [0.5, 0.6) is 0 Å². The first-order chi connectivity index (χ1) is 25.6. The Balaban J connectivity index is 0.000000211. The first kappa shape index (κ1) is 27.5. The van der Waals surface area contributed by atoms with Gasteiger partial charge in [0, 0.05) is 31.7 Å². The van der Waals surface area contributed by atoms with E-state index in [2.05, 4.69) is 51.5 Å². The zero-order valence-corrected chi connectivity index (χ0v) is 32.4. The molecule has 0 amide bonds. The normalized spacial score (nSPS) is 13.3. The number of hydrogen-bond donors (Lipinski definition) is 0. The molecule has 0 aliphatic heterocycles. The van der Waals surface area contributed by atoms with Crippen LogP contribution >= 0.6 is 0 Å². The summed E-state index contributed by atoms with van der Waals surface area (Å²) in [6.45, 7) is 3.80. The molecule has 0 saturated carbocycles. The molecule has 1 radical (unpaired) electrons. The Labute approximate surface area is 313 Å². The maximum Gasteiger partial charge on any atom is 0.121 e. The summed E-state index contributed by atoms with van der Waals surface area (Å²) in [4.78, 5) is 9.21. The molecule has 0 atom stereocenters. The van der Waals surface area contributed by atoms with Gasteiger partial charge in [0.25, 0.3) is 0 Å². The molecular formula is C44H38GeIrN2O-2. The second kappa shape index (κ2) is 14.6. The van der Waals surface area contributed by atoms with Crippen LogP contribution in [0.4, 0.5) is 0 Å². The molecule has 0 spiro atoms. The molecule has 0 bridgehead atoms. The number of benzene rings is 5. The molecule has 0 N–H and O–H groups in total. The molecule has 49 heavy (non-hydrogen) atoms. The van der Waals surface area contributed by atoms with E-state index in [-0.39, 0.29) is 49.8 Å². The summed E-state index contributed by atoms with van der Waals surface area (Å²) in [5.41, 5.74) is 6.22. The van der Waals surface area contributed by atoms with E-state index in [1.54, 1.807) is 12.1 Å². The number of aromatic nitrogens is 2. The van der Waals surface area contributed by atoms with Crippen molar-refractivity contribution in [3.8, 4) is 33.6 Å². The third-order valence-corrected chi connectivity index (χ3v) is 12.6. The van der Waals surface area contributed by atoms with E-state index in [1.165, 1.54) is 4.40 Å². The molecule has 0 unspecified atom stereocenters. The third kappa shape index (κ3) is 7.48. The maximum absolute atomic E-state index is 8.28. The Morgan fingerprint density at radius 3 is 2.22 bits per heavy atom. The molecule has 5 aromatic carbocycles. The average molecular weight is 882 g/mol. The second-order valence-corrected chi connectivity index (χ2v) is 23.7. The van der Waals surface area contributed by atoms with E-state index in [1.807, 2.05) is 93.0 Å². The number of nitrogens with zero attached hydrogens (tertiary/aromatic N) is 2. The predicted octanol–water partition coefficient (Wildman–Crippen LogP) is 11.5. The summed E-state index contributed by atoms with van der Waals surface area (Å²) in [6.07, 6.45) is 3.85. The topological polar surface area (TPSA) is 38.9 Å². The standard InChI is InChI=1S/C27H16NO.C17H22GeN.Ir/c1-2-7-18(8-3-1)20-13-14-22-23-11-6-12-24(27(23)29-26(22)16-20)25-15-19-9-4-5-10-21(19)17-28-25;1-13(2)14-7-6-8-15(11-14)17-10-9-16(12-19-17)18(3,4)5;/h1-11,13-17H;6-7,9-13H,1-5H3;/q2*-1;/i1D,2D,3D,7D,8D;13D;. The third-order valence-electron chi connectivity index (χ3n) is 8.39. The first-order valence-corrected chi connectivity index (χ1v) is 23.2. The van der Waals surface area contributed by atoms with Gasteiger partial charge in [-0.2, -0.15) is 0 Å². The predicted molar refractivity (Wildman–Crippen MR) is 204 cm³/mol. The fourth-order valence-corrected chi connectivity index (χ4v) is 7.80. The molecule has 0 fully saturated rings. The summed E-state index contributed by atoms with van der Waals surface area (Å²) < 4.78 is 56.1. The molecule has 0 aliphatic carbocycles. The largest absolute Gasteiger partial charge is 0.501 e. The summed E-state index contributed by atoms with van der Waals surface area (Å²) >= 11 is -1.79. The first-order valence-electron chi connectivity index (χ1n) is 18.9. The van der Waals surface area contributed by atoms with Gasteiger partial charge in [0.15, 0.2) is 0 Å². The summed E-state index contributed by atoms with van der Waals surface area (Å²) in [6, 6.07) is 34.1. The van der Waals surface area contributed by atoms with Gasteiger partial charge in [-0.05, 0) is 33.7 Å². The Hall–Kier alpha value is -4.35. The van der Waals surface area contributed by atoms with E-state index in [4.69, 9.17) is 12.6 Å². The molecule has 3 aromatic heterocycles. The van der Waals surface area contributed by atoms with Crippen molar-refractivity contribution in [3.63, 3.8) is 0 Å². The van der Waals surface area contributed by atoms with Crippen LogP contribution < -0.4 is 4.40 Å². The minimum absolute atomic E-state index is 0. The van der Waals surface area contributed by atoms with E-state index >= 15 is 0 Å². The van der Waals surface area contributed by atoms with Crippen LogP contribution in [0, 0.1) is 12.1 Å². The van der Waals surface area contributed by atoms with E-state index in [0.717, 1.165) is 49.6 Å². The van der Waals surface area contributed by atoms with E-state index in [0.29, 0.717) is 16.7 Å². The van der Waals surface area contributed by atoms with Crippen molar-refractivity contribution in [3.05, 3.63) is 151 Å². The van der Waals surface area contributed by atoms with Crippen molar-refractivity contribution >= 4 is 50.4 Å². The van der Waals surface area contributed by atoms with Gasteiger partial charge in [-0.1, -0.05) is 83.6 Å². The maximum atomic E-state index is 8.28. The van der Waals surface area contributed by atoms with E-state index < -0.39 is 25.2 Å². The van der Waals surface area contributed by atoms with Gasteiger partial charge in [0.05, 0.1) is 12.4 Å². The van der Waals surface area contributed by atoms with Gasteiger partial charge in [-0.15, -0.1) is 18.2 Å². The number of fused-ring (bicyclic) bond motifs is 4. The number of hydrogen-bond acceptors (Lipinski definition) is 3. The Bertz CT molecular complexity index is 2670.